The van der Waals surface area contributed by atoms with Crippen LogP contribution in [0.1, 0.15) is 50.7 Å². The number of rotatable bonds is 10. The first-order valence-corrected chi connectivity index (χ1v) is 12.2. The third-order valence-electron chi connectivity index (χ3n) is 6.36. The Labute approximate surface area is 202 Å². The van der Waals surface area contributed by atoms with E-state index in [2.05, 4.69) is 24.5 Å². The minimum atomic E-state index is -0.221. The lowest BCUT2D eigenvalue weighted by Gasteiger charge is -2.34. The highest BCUT2D eigenvalue weighted by Crippen LogP contribution is 2.18. The fraction of sp³-hybridized carbons (Fsp3) is 0.481. The number of carbonyl (C=O) groups is 2. The summed E-state index contributed by atoms with van der Waals surface area (Å²) in [5.41, 5.74) is 2.78. The Morgan fingerprint density at radius 1 is 1.00 bits per heavy atom. The van der Waals surface area contributed by atoms with E-state index in [1.54, 1.807) is 7.11 Å². The van der Waals surface area contributed by atoms with Crippen LogP contribution in [0.3, 0.4) is 0 Å². The minimum Gasteiger partial charge on any atom is -0.497 e. The zero-order chi connectivity index (χ0) is 24.3. The van der Waals surface area contributed by atoms with E-state index >= 15 is 0 Å². The Bertz CT molecular complexity index is 920. The summed E-state index contributed by atoms with van der Waals surface area (Å²) in [7, 11) is 1.65. The molecule has 1 aliphatic heterocycles. The SMILES string of the molecule is CCC(CC)C(=O)N1CCC(NC(=O)Nc2cccc(COCc3ccc(OC)cc3)c2)CC1. The van der Waals surface area contributed by atoms with Gasteiger partial charge in [0.05, 0.1) is 20.3 Å². The summed E-state index contributed by atoms with van der Waals surface area (Å²) in [4.78, 5) is 27.0. The summed E-state index contributed by atoms with van der Waals surface area (Å²) < 4.78 is 11.0. The van der Waals surface area contributed by atoms with Gasteiger partial charge in [-0.25, -0.2) is 4.79 Å². The van der Waals surface area contributed by atoms with E-state index in [9.17, 15) is 9.59 Å². The summed E-state index contributed by atoms with van der Waals surface area (Å²) >= 11 is 0. The molecule has 0 saturated carbocycles. The van der Waals surface area contributed by atoms with Crippen molar-refractivity contribution in [3.8, 4) is 5.75 Å². The van der Waals surface area contributed by atoms with Gasteiger partial charge in [-0.2, -0.15) is 0 Å². The van der Waals surface area contributed by atoms with Gasteiger partial charge in [0.15, 0.2) is 0 Å². The molecule has 1 fully saturated rings. The minimum absolute atomic E-state index is 0.0711. The maximum atomic E-state index is 12.6. The van der Waals surface area contributed by atoms with Crippen LogP contribution >= 0.6 is 0 Å². The van der Waals surface area contributed by atoms with E-state index in [1.165, 1.54) is 0 Å². The third kappa shape index (κ3) is 7.48. The number of benzene rings is 2. The Hall–Kier alpha value is -3.06. The van der Waals surface area contributed by atoms with Crippen LogP contribution in [-0.4, -0.2) is 43.1 Å². The van der Waals surface area contributed by atoms with Crippen LogP contribution in [0.5, 0.6) is 5.75 Å². The lowest BCUT2D eigenvalue weighted by Crippen LogP contribution is -2.48. The first-order valence-electron chi connectivity index (χ1n) is 12.2. The van der Waals surface area contributed by atoms with Gasteiger partial charge in [0.1, 0.15) is 5.75 Å². The summed E-state index contributed by atoms with van der Waals surface area (Å²) in [6.45, 7) is 6.47. The van der Waals surface area contributed by atoms with Crippen molar-refractivity contribution >= 4 is 17.6 Å². The Kier molecular flexibility index (Phi) is 9.76. The quantitative estimate of drug-likeness (QED) is 0.518. The molecular weight excluding hydrogens is 430 g/mol. The van der Waals surface area contributed by atoms with Gasteiger partial charge in [-0.15, -0.1) is 0 Å². The van der Waals surface area contributed by atoms with Crippen molar-refractivity contribution in [2.75, 3.05) is 25.5 Å². The molecule has 1 aliphatic rings. The van der Waals surface area contributed by atoms with Crippen LogP contribution in [-0.2, 0) is 22.7 Å². The summed E-state index contributed by atoms with van der Waals surface area (Å²) in [6.07, 6.45) is 3.31. The first kappa shape index (κ1) is 25.6. The summed E-state index contributed by atoms with van der Waals surface area (Å²) in [5.74, 6) is 1.18. The van der Waals surface area contributed by atoms with Gasteiger partial charge >= 0.3 is 6.03 Å². The number of carbonyl (C=O) groups excluding carboxylic acids is 2. The molecule has 7 heteroatoms. The van der Waals surface area contributed by atoms with Gasteiger partial charge in [-0.3, -0.25) is 4.79 Å². The Balaban J connectivity index is 1.41. The molecule has 2 aromatic carbocycles. The van der Waals surface area contributed by atoms with Gasteiger partial charge in [-0.1, -0.05) is 38.1 Å². The van der Waals surface area contributed by atoms with Crippen LogP contribution in [0.25, 0.3) is 0 Å². The maximum Gasteiger partial charge on any atom is 0.319 e. The van der Waals surface area contributed by atoms with E-state index in [1.807, 2.05) is 53.4 Å². The highest BCUT2D eigenvalue weighted by atomic mass is 16.5. The molecule has 3 rings (SSSR count). The summed E-state index contributed by atoms with van der Waals surface area (Å²) in [5, 5.41) is 5.97. The number of hydrogen-bond donors (Lipinski definition) is 2. The number of likely N-dealkylation sites (tertiary alicyclic amines) is 1. The number of anilines is 1. The fourth-order valence-electron chi connectivity index (χ4n) is 4.24. The highest BCUT2D eigenvalue weighted by molar-refractivity contribution is 5.89. The molecule has 7 nitrogen and oxygen atoms in total. The van der Waals surface area contributed by atoms with Crippen LogP contribution in [0.4, 0.5) is 10.5 Å². The second-order valence-electron chi connectivity index (χ2n) is 8.75. The van der Waals surface area contributed by atoms with Crippen LogP contribution in [0, 0.1) is 5.92 Å². The Morgan fingerprint density at radius 3 is 2.32 bits per heavy atom. The molecule has 3 amide bonds. The topological polar surface area (TPSA) is 79.9 Å². The molecule has 34 heavy (non-hydrogen) atoms. The monoisotopic (exact) mass is 467 g/mol. The van der Waals surface area contributed by atoms with Crippen molar-refractivity contribution in [1.29, 1.82) is 0 Å². The molecule has 1 heterocycles. The van der Waals surface area contributed by atoms with E-state index in [-0.39, 0.29) is 23.9 Å². The fourth-order valence-corrected chi connectivity index (χ4v) is 4.24. The van der Waals surface area contributed by atoms with Crippen molar-refractivity contribution in [3.63, 3.8) is 0 Å². The van der Waals surface area contributed by atoms with Gasteiger partial charge in [0, 0.05) is 30.7 Å². The predicted octanol–water partition coefficient (Wildman–Crippen LogP) is 4.96. The molecule has 0 spiro atoms. The second-order valence-corrected chi connectivity index (χ2v) is 8.75. The number of nitrogens with zero attached hydrogens (tertiary/aromatic N) is 1. The highest BCUT2D eigenvalue weighted by Gasteiger charge is 2.27. The summed E-state index contributed by atoms with van der Waals surface area (Å²) in [6, 6.07) is 15.3. The number of hydrogen-bond acceptors (Lipinski definition) is 4. The van der Waals surface area contributed by atoms with Gasteiger partial charge in [0.25, 0.3) is 0 Å². The maximum absolute atomic E-state index is 12.6. The molecule has 1 saturated heterocycles. The smallest absolute Gasteiger partial charge is 0.319 e. The van der Waals surface area contributed by atoms with Crippen molar-refractivity contribution < 1.29 is 19.1 Å². The lowest BCUT2D eigenvalue weighted by atomic mass is 9.98. The number of ether oxygens (including phenoxy) is 2. The molecule has 2 aromatic rings. The van der Waals surface area contributed by atoms with Crippen LogP contribution < -0.4 is 15.4 Å². The number of urea groups is 1. The van der Waals surface area contributed by atoms with Crippen molar-refractivity contribution in [3.05, 3.63) is 59.7 Å². The molecule has 0 atom stereocenters. The van der Waals surface area contributed by atoms with Gasteiger partial charge < -0.3 is 25.0 Å². The van der Waals surface area contributed by atoms with Gasteiger partial charge in [-0.05, 0) is 61.1 Å². The standard InChI is InChI=1S/C27H37N3O4/c1-4-22(5-2)26(31)30-15-13-23(14-16-30)28-27(32)29-24-8-6-7-21(17-24)19-34-18-20-9-11-25(33-3)12-10-20/h6-12,17,22-23H,4-5,13-16,18-19H2,1-3H3,(H2,28,29,32). The molecule has 0 aliphatic carbocycles. The molecule has 0 bridgehead atoms. The molecule has 0 radical (unpaired) electrons. The van der Waals surface area contributed by atoms with E-state index in [4.69, 9.17) is 9.47 Å². The second kappa shape index (κ2) is 13.0. The lowest BCUT2D eigenvalue weighted by molar-refractivity contribution is -0.136. The van der Waals surface area contributed by atoms with E-state index in [0.717, 1.165) is 48.2 Å². The van der Waals surface area contributed by atoms with E-state index < -0.39 is 0 Å². The molecular formula is C27H37N3O4. The van der Waals surface area contributed by atoms with Crippen molar-refractivity contribution in [1.82, 2.24) is 10.2 Å². The number of piperidine rings is 1. The molecule has 2 N–H and O–H groups in total. The normalized spacial score (nSPS) is 14.2. The van der Waals surface area contributed by atoms with Crippen molar-refractivity contribution in [2.24, 2.45) is 5.92 Å². The van der Waals surface area contributed by atoms with Crippen molar-refractivity contribution in [2.45, 2.75) is 58.8 Å². The number of nitrogens with one attached hydrogen (secondary N) is 2. The van der Waals surface area contributed by atoms with Crippen LogP contribution in [0.2, 0.25) is 0 Å². The first-order chi connectivity index (χ1) is 16.5. The molecule has 0 unspecified atom stereocenters. The average molecular weight is 468 g/mol. The zero-order valence-electron chi connectivity index (χ0n) is 20.5. The van der Waals surface area contributed by atoms with E-state index in [0.29, 0.717) is 26.3 Å². The zero-order valence-corrected chi connectivity index (χ0v) is 20.5. The predicted molar refractivity (Wildman–Crippen MR) is 134 cm³/mol. The number of amides is 3. The van der Waals surface area contributed by atoms with Gasteiger partial charge in [0.2, 0.25) is 5.91 Å². The number of methoxy groups -OCH3 is 1. The Morgan fingerprint density at radius 2 is 1.68 bits per heavy atom. The largest absolute Gasteiger partial charge is 0.497 e. The third-order valence-corrected chi connectivity index (χ3v) is 6.36. The van der Waals surface area contributed by atoms with Crippen LogP contribution in [0.15, 0.2) is 48.5 Å². The molecule has 184 valence electrons. The average Bonchev–Trinajstić information content (AvgIpc) is 2.86. The molecule has 0 aromatic heterocycles.